The highest BCUT2D eigenvalue weighted by Gasteiger charge is 2.19. The van der Waals surface area contributed by atoms with Crippen LogP contribution in [0.3, 0.4) is 0 Å². The Balaban J connectivity index is 4.18. The fourth-order valence-electron chi connectivity index (χ4n) is 9.23. The molecular weight excluding hydrogens is 817 g/mol. The molecule has 0 bridgehead atoms. The Hall–Kier alpha value is -1.59. The molecule has 0 aromatic rings. The van der Waals surface area contributed by atoms with Gasteiger partial charge in [-0.25, -0.2) is 0 Å². The van der Waals surface area contributed by atoms with Gasteiger partial charge in [0.25, 0.3) is 0 Å². The van der Waals surface area contributed by atoms with E-state index < -0.39 is 6.10 Å². The summed E-state index contributed by atoms with van der Waals surface area (Å²) in [4.78, 5) is 38.1. The topological polar surface area (TPSA) is 78.9 Å². The fourth-order valence-corrected chi connectivity index (χ4v) is 9.23. The number of carbonyl (C=O) groups excluding carboxylic acids is 3. The molecule has 0 amide bonds. The van der Waals surface area contributed by atoms with E-state index in [1.165, 1.54) is 225 Å². The third-order valence-corrected chi connectivity index (χ3v) is 13.7. The van der Waals surface area contributed by atoms with Gasteiger partial charge in [-0.1, -0.05) is 298 Å². The summed E-state index contributed by atoms with van der Waals surface area (Å²) in [5, 5.41) is 0. The van der Waals surface area contributed by atoms with Gasteiger partial charge in [-0.15, -0.1) is 0 Å². The van der Waals surface area contributed by atoms with Gasteiger partial charge in [0.15, 0.2) is 6.10 Å². The molecule has 0 radical (unpaired) electrons. The normalized spacial score (nSPS) is 12.0. The Labute approximate surface area is 412 Å². The first-order valence-electron chi connectivity index (χ1n) is 29.7. The highest BCUT2D eigenvalue weighted by molar-refractivity contribution is 5.71. The Morgan fingerprint density at radius 3 is 0.742 bits per heavy atom. The van der Waals surface area contributed by atoms with Crippen LogP contribution >= 0.6 is 0 Å². The van der Waals surface area contributed by atoms with Crippen LogP contribution < -0.4 is 0 Å². The number of hydrogen-bond donors (Lipinski definition) is 0. The van der Waals surface area contributed by atoms with Gasteiger partial charge in [0.2, 0.25) is 0 Å². The molecule has 0 fully saturated rings. The van der Waals surface area contributed by atoms with Gasteiger partial charge in [0.05, 0.1) is 0 Å². The van der Waals surface area contributed by atoms with E-state index >= 15 is 0 Å². The highest BCUT2D eigenvalue weighted by Crippen LogP contribution is 2.18. The zero-order chi connectivity index (χ0) is 48.2. The lowest BCUT2D eigenvalue weighted by Crippen LogP contribution is -2.30. The maximum Gasteiger partial charge on any atom is 0.306 e. The standard InChI is InChI=1S/C60H116O6/c1-6-7-8-9-10-11-12-13-14-15-19-22-25-28-31-34-40-45-50-58(61)64-53-57(54-65-59(62)51-46-41-37-36-39-44-49-56(4)5)66-60(63)52-47-42-35-32-29-26-23-20-17-16-18-21-24-27-30-33-38-43-48-55(2)3/h55-57H,6-54H2,1-5H3/t57-/m1/s1. The highest BCUT2D eigenvalue weighted by atomic mass is 16.6. The van der Waals surface area contributed by atoms with Crippen molar-refractivity contribution in [3.05, 3.63) is 0 Å². The number of hydrogen-bond acceptors (Lipinski definition) is 6. The third-order valence-electron chi connectivity index (χ3n) is 13.7. The maximum absolute atomic E-state index is 12.9. The quantitative estimate of drug-likeness (QED) is 0.0343. The molecule has 6 heteroatoms. The lowest BCUT2D eigenvalue weighted by molar-refractivity contribution is -0.167. The van der Waals surface area contributed by atoms with E-state index in [2.05, 4.69) is 34.6 Å². The molecule has 0 aromatic carbocycles. The van der Waals surface area contributed by atoms with Gasteiger partial charge in [0, 0.05) is 19.3 Å². The van der Waals surface area contributed by atoms with E-state index in [0.717, 1.165) is 69.6 Å². The van der Waals surface area contributed by atoms with E-state index in [-0.39, 0.29) is 31.1 Å². The molecule has 0 saturated heterocycles. The monoisotopic (exact) mass is 933 g/mol. The van der Waals surface area contributed by atoms with Crippen LogP contribution in [0.5, 0.6) is 0 Å². The van der Waals surface area contributed by atoms with Crippen LogP contribution in [0.4, 0.5) is 0 Å². The number of esters is 3. The summed E-state index contributed by atoms with van der Waals surface area (Å²) in [5.41, 5.74) is 0. The Kier molecular flexibility index (Phi) is 51.5. The van der Waals surface area contributed by atoms with Crippen LogP contribution in [0.15, 0.2) is 0 Å². The van der Waals surface area contributed by atoms with Crippen molar-refractivity contribution >= 4 is 17.9 Å². The van der Waals surface area contributed by atoms with E-state index in [0.29, 0.717) is 19.3 Å². The predicted octanol–water partition coefficient (Wildman–Crippen LogP) is 19.7. The number of carbonyl (C=O) groups is 3. The Morgan fingerprint density at radius 1 is 0.288 bits per heavy atom. The van der Waals surface area contributed by atoms with Crippen LogP contribution in [0.2, 0.25) is 0 Å². The van der Waals surface area contributed by atoms with Crippen molar-refractivity contribution in [3.8, 4) is 0 Å². The van der Waals surface area contributed by atoms with Gasteiger partial charge in [0.1, 0.15) is 13.2 Å². The lowest BCUT2D eigenvalue weighted by Gasteiger charge is -2.18. The zero-order valence-electron chi connectivity index (χ0n) is 45.3. The average Bonchev–Trinajstić information content (AvgIpc) is 3.29. The van der Waals surface area contributed by atoms with Crippen LogP contribution in [-0.4, -0.2) is 37.2 Å². The van der Waals surface area contributed by atoms with Crippen LogP contribution in [0.1, 0.15) is 336 Å². The van der Waals surface area contributed by atoms with Crippen molar-refractivity contribution < 1.29 is 28.6 Å². The predicted molar refractivity (Wildman–Crippen MR) is 284 cm³/mol. The molecule has 0 aliphatic rings. The van der Waals surface area contributed by atoms with Crippen LogP contribution in [0.25, 0.3) is 0 Å². The van der Waals surface area contributed by atoms with Gasteiger partial charge >= 0.3 is 17.9 Å². The van der Waals surface area contributed by atoms with Crippen molar-refractivity contribution in [2.24, 2.45) is 11.8 Å². The summed E-state index contributed by atoms with van der Waals surface area (Å²) in [7, 11) is 0. The largest absolute Gasteiger partial charge is 0.462 e. The summed E-state index contributed by atoms with van der Waals surface area (Å²) in [6.45, 7) is 11.4. The first kappa shape index (κ1) is 64.4. The second-order valence-corrected chi connectivity index (χ2v) is 21.6. The molecule has 0 N–H and O–H groups in total. The third kappa shape index (κ3) is 53.4. The summed E-state index contributed by atoms with van der Waals surface area (Å²) >= 11 is 0. The molecule has 0 aliphatic carbocycles. The minimum absolute atomic E-state index is 0.0634. The minimum Gasteiger partial charge on any atom is -0.462 e. The van der Waals surface area contributed by atoms with Gasteiger partial charge < -0.3 is 14.2 Å². The summed E-state index contributed by atoms with van der Waals surface area (Å²) in [6, 6.07) is 0. The zero-order valence-corrected chi connectivity index (χ0v) is 45.3. The Morgan fingerprint density at radius 2 is 0.500 bits per heavy atom. The molecule has 0 heterocycles. The first-order valence-corrected chi connectivity index (χ1v) is 29.7. The SMILES string of the molecule is CCCCCCCCCCCCCCCCCCCCC(=O)OC[C@H](COC(=O)CCCCCCCCC(C)C)OC(=O)CCCCCCCCCCCCCCCCCCCCC(C)C. The van der Waals surface area contributed by atoms with E-state index in [1.54, 1.807) is 0 Å². The van der Waals surface area contributed by atoms with Crippen molar-refractivity contribution in [1.29, 1.82) is 0 Å². The summed E-state index contributed by atoms with van der Waals surface area (Å²) in [5.74, 6) is 0.778. The molecule has 66 heavy (non-hydrogen) atoms. The van der Waals surface area contributed by atoms with Crippen molar-refractivity contribution in [3.63, 3.8) is 0 Å². The van der Waals surface area contributed by atoms with E-state index in [1.807, 2.05) is 0 Å². The molecule has 0 saturated carbocycles. The molecule has 6 nitrogen and oxygen atoms in total. The van der Waals surface area contributed by atoms with Crippen molar-refractivity contribution in [2.45, 2.75) is 343 Å². The van der Waals surface area contributed by atoms with Crippen molar-refractivity contribution in [1.82, 2.24) is 0 Å². The fraction of sp³-hybridized carbons (Fsp3) is 0.950. The number of ether oxygens (including phenoxy) is 3. The van der Waals surface area contributed by atoms with E-state index in [4.69, 9.17) is 14.2 Å². The molecular formula is C60H116O6. The number of unbranched alkanes of at least 4 members (excludes halogenated alkanes) is 39. The number of rotatable bonds is 54. The summed E-state index contributed by atoms with van der Waals surface area (Å²) in [6.07, 6.45) is 56.9. The average molecular weight is 934 g/mol. The second kappa shape index (κ2) is 52.8. The second-order valence-electron chi connectivity index (χ2n) is 21.6. The summed E-state index contributed by atoms with van der Waals surface area (Å²) < 4.78 is 16.9. The first-order chi connectivity index (χ1) is 32.2. The smallest absolute Gasteiger partial charge is 0.306 e. The van der Waals surface area contributed by atoms with Gasteiger partial charge in [-0.2, -0.15) is 0 Å². The molecule has 1 atom stereocenters. The molecule has 0 spiro atoms. The van der Waals surface area contributed by atoms with Gasteiger partial charge in [-0.3, -0.25) is 14.4 Å². The lowest BCUT2D eigenvalue weighted by atomic mass is 10.0. The Bertz CT molecular complexity index is 1010. The van der Waals surface area contributed by atoms with Crippen LogP contribution in [0, 0.1) is 11.8 Å². The molecule has 0 aliphatic heterocycles. The van der Waals surface area contributed by atoms with Crippen molar-refractivity contribution in [2.75, 3.05) is 13.2 Å². The minimum atomic E-state index is -0.763. The molecule has 0 rings (SSSR count). The molecule has 392 valence electrons. The van der Waals surface area contributed by atoms with Gasteiger partial charge in [-0.05, 0) is 31.1 Å². The molecule has 0 aromatic heterocycles. The van der Waals surface area contributed by atoms with Crippen LogP contribution in [-0.2, 0) is 28.6 Å². The van der Waals surface area contributed by atoms with E-state index in [9.17, 15) is 14.4 Å². The maximum atomic E-state index is 12.9. The molecule has 0 unspecified atom stereocenters.